The highest BCUT2D eigenvalue weighted by Gasteiger charge is 2.22. The van der Waals surface area contributed by atoms with Crippen molar-refractivity contribution in [1.82, 2.24) is 9.78 Å². The largest absolute Gasteiger partial charge is 0.394 e. The zero-order chi connectivity index (χ0) is 13.1. The summed E-state index contributed by atoms with van der Waals surface area (Å²) in [5.74, 6) is 1.74. The van der Waals surface area contributed by atoms with E-state index in [4.69, 9.17) is 5.73 Å². The second-order valence-electron chi connectivity index (χ2n) is 5.53. The van der Waals surface area contributed by atoms with Crippen LogP contribution in [0.15, 0.2) is 0 Å². The molecule has 18 heavy (non-hydrogen) atoms. The van der Waals surface area contributed by atoms with Gasteiger partial charge in [0.2, 0.25) is 0 Å². The summed E-state index contributed by atoms with van der Waals surface area (Å²) in [7, 11) is 0. The molecule has 0 bridgehead atoms. The lowest BCUT2D eigenvalue weighted by molar-refractivity contribution is 0.452. The fourth-order valence-electron chi connectivity index (χ4n) is 2.86. The molecule has 0 aliphatic heterocycles. The quantitative estimate of drug-likeness (QED) is 0.810. The predicted molar refractivity (Wildman–Crippen MR) is 76.7 cm³/mol. The van der Waals surface area contributed by atoms with Crippen LogP contribution in [0.5, 0.6) is 0 Å². The molecule has 1 saturated carbocycles. The van der Waals surface area contributed by atoms with Crippen LogP contribution >= 0.6 is 0 Å². The SMILES string of the molecule is CCn1nc(C)c(N)c1NC1CCCCCC1C. The molecule has 1 aliphatic rings. The molecule has 2 atom stereocenters. The molecule has 1 aromatic rings. The lowest BCUT2D eigenvalue weighted by atomic mass is 9.97. The van der Waals surface area contributed by atoms with Gasteiger partial charge in [-0.05, 0) is 32.6 Å². The minimum Gasteiger partial charge on any atom is -0.394 e. The van der Waals surface area contributed by atoms with Crippen LogP contribution in [0.3, 0.4) is 0 Å². The molecule has 1 fully saturated rings. The van der Waals surface area contributed by atoms with Crippen molar-refractivity contribution in [2.75, 3.05) is 11.1 Å². The highest BCUT2D eigenvalue weighted by molar-refractivity contribution is 5.65. The van der Waals surface area contributed by atoms with Crippen molar-refractivity contribution in [3.8, 4) is 0 Å². The van der Waals surface area contributed by atoms with Gasteiger partial charge in [-0.2, -0.15) is 5.10 Å². The van der Waals surface area contributed by atoms with Gasteiger partial charge >= 0.3 is 0 Å². The van der Waals surface area contributed by atoms with E-state index in [1.54, 1.807) is 0 Å². The molecule has 0 aromatic carbocycles. The van der Waals surface area contributed by atoms with E-state index in [2.05, 4.69) is 24.3 Å². The van der Waals surface area contributed by atoms with E-state index < -0.39 is 0 Å². The molecule has 3 N–H and O–H groups in total. The molecule has 2 rings (SSSR count). The summed E-state index contributed by atoms with van der Waals surface area (Å²) < 4.78 is 1.99. The van der Waals surface area contributed by atoms with E-state index in [-0.39, 0.29) is 0 Å². The van der Waals surface area contributed by atoms with E-state index in [1.165, 1.54) is 32.1 Å². The van der Waals surface area contributed by atoms with Crippen LogP contribution in [0.1, 0.15) is 51.6 Å². The number of rotatable bonds is 3. The molecule has 4 nitrogen and oxygen atoms in total. The molecule has 4 heteroatoms. The average Bonchev–Trinajstić information content (AvgIpc) is 2.53. The van der Waals surface area contributed by atoms with E-state index in [1.807, 2.05) is 11.6 Å². The minimum atomic E-state index is 0.538. The standard InChI is InChI=1S/C14H26N4/c1-4-18-14(13(15)11(3)17-18)16-12-9-7-5-6-8-10(12)2/h10,12,16H,4-9,15H2,1-3H3. The van der Waals surface area contributed by atoms with Crippen molar-refractivity contribution in [2.24, 2.45) is 5.92 Å². The summed E-state index contributed by atoms with van der Waals surface area (Å²) in [6, 6.07) is 0.538. The van der Waals surface area contributed by atoms with Crippen LogP contribution in [0, 0.1) is 12.8 Å². The maximum absolute atomic E-state index is 6.13. The Bertz CT molecular complexity index is 397. The van der Waals surface area contributed by atoms with Gasteiger partial charge in [0, 0.05) is 12.6 Å². The molecule has 0 saturated heterocycles. The number of nitrogens with two attached hydrogens (primary N) is 1. The van der Waals surface area contributed by atoms with Crippen LogP contribution in [0.4, 0.5) is 11.5 Å². The van der Waals surface area contributed by atoms with Crippen molar-refractivity contribution < 1.29 is 0 Å². The maximum Gasteiger partial charge on any atom is 0.148 e. The highest BCUT2D eigenvalue weighted by atomic mass is 15.3. The topological polar surface area (TPSA) is 55.9 Å². The number of nitrogens with zero attached hydrogens (tertiary/aromatic N) is 2. The van der Waals surface area contributed by atoms with Crippen LogP contribution in [0.2, 0.25) is 0 Å². The molecule has 102 valence electrons. The van der Waals surface area contributed by atoms with Gasteiger partial charge in [0.15, 0.2) is 0 Å². The summed E-state index contributed by atoms with van der Waals surface area (Å²) >= 11 is 0. The third kappa shape index (κ3) is 2.62. The Labute approximate surface area is 110 Å². The van der Waals surface area contributed by atoms with Crippen LogP contribution in [0.25, 0.3) is 0 Å². The zero-order valence-corrected chi connectivity index (χ0v) is 11.9. The van der Waals surface area contributed by atoms with Crippen molar-refractivity contribution in [1.29, 1.82) is 0 Å². The Hall–Kier alpha value is -1.19. The van der Waals surface area contributed by atoms with Gasteiger partial charge in [-0.1, -0.05) is 26.2 Å². The Kier molecular flexibility index (Phi) is 4.15. The Morgan fingerprint density at radius 3 is 2.78 bits per heavy atom. The molecular weight excluding hydrogens is 224 g/mol. The Morgan fingerprint density at radius 2 is 2.06 bits per heavy atom. The third-order valence-corrected chi connectivity index (χ3v) is 4.16. The predicted octanol–water partition coefficient (Wildman–Crippen LogP) is 3.17. The zero-order valence-electron chi connectivity index (χ0n) is 11.9. The van der Waals surface area contributed by atoms with Crippen molar-refractivity contribution in [2.45, 2.75) is 65.5 Å². The second-order valence-corrected chi connectivity index (χ2v) is 5.53. The maximum atomic E-state index is 6.13. The smallest absolute Gasteiger partial charge is 0.148 e. The first kappa shape index (κ1) is 13.2. The first-order chi connectivity index (χ1) is 8.63. The number of anilines is 2. The molecule has 1 aromatic heterocycles. The first-order valence-electron chi connectivity index (χ1n) is 7.23. The monoisotopic (exact) mass is 250 g/mol. The molecule has 0 spiro atoms. The number of nitrogen functional groups attached to an aromatic ring is 1. The fourth-order valence-corrected chi connectivity index (χ4v) is 2.86. The van der Waals surface area contributed by atoms with Crippen molar-refractivity contribution >= 4 is 11.5 Å². The van der Waals surface area contributed by atoms with Gasteiger partial charge in [-0.15, -0.1) is 0 Å². The highest BCUT2D eigenvalue weighted by Crippen LogP contribution is 2.29. The van der Waals surface area contributed by atoms with Gasteiger partial charge in [0.05, 0.1) is 11.4 Å². The average molecular weight is 250 g/mol. The third-order valence-electron chi connectivity index (χ3n) is 4.16. The molecular formula is C14H26N4. The van der Waals surface area contributed by atoms with Gasteiger partial charge < -0.3 is 11.1 Å². The van der Waals surface area contributed by atoms with Crippen molar-refractivity contribution in [3.63, 3.8) is 0 Å². The lowest BCUT2D eigenvalue weighted by Crippen LogP contribution is -2.28. The normalized spacial score (nSPS) is 24.8. The summed E-state index contributed by atoms with van der Waals surface area (Å²) in [5, 5.41) is 8.13. The summed E-state index contributed by atoms with van der Waals surface area (Å²) in [6.07, 6.45) is 6.61. The number of hydrogen-bond acceptors (Lipinski definition) is 3. The lowest BCUT2D eigenvalue weighted by Gasteiger charge is -2.24. The Balaban J connectivity index is 2.16. The summed E-state index contributed by atoms with van der Waals surface area (Å²) in [4.78, 5) is 0. The molecule has 0 radical (unpaired) electrons. The first-order valence-corrected chi connectivity index (χ1v) is 7.23. The number of aryl methyl sites for hydroxylation is 2. The van der Waals surface area contributed by atoms with E-state index in [0.717, 1.165) is 23.7 Å². The van der Waals surface area contributed by atoms with E-state index >= 15 is 0 Å². The molecule has 1 heterocycles. The molecule has 1 aliphatic carbocycles. The van der Waals surface area contributed by atoms with Gasteiger partial charge in [0.1, 0.15) is 5.82 Å². The fraction of sp³-hybridized carbons (Fsp3) is 0.786. The number of aromatic nitrogens is 2. The van der Waals surface area contributed by atoms with Crippen LogP contribution < -0.4 is 11.1 Å². The van der Waals surface area contributed by atoms with Gasteiger partial charge in [0.25, 0.3) is 0 Å². The molecule has 2 unspecified atom stereocenters. The summed E-state index contributed by atoms with van der Waals surface area (Å²) in [6.45, 7) is 7.29. The van der Waals surface area contributed by atoms with Gasteiger partial charge in [-0.3, -0.25) is 0 Å². The number of nitrogens with one attached hydrogen (secondary N) is 1. The van der Waals surface area contributed by atoms with Gasteiger partial charge in [-0.25, -0.2) is 4.68 Å². The minimum absolute atomic E-state index is 0.538. The molecule has 0 amide bonds. The second kappa shape index (κ2) is 5.63. The van der Waals surface area contributed by atoms with Crippen LogP contribution in [-0.4, -0.2) is 15.8 Å². The Morgan fingerprint density at radius 1 is 1.33 bits per heavy atom. The number of hydrogen-bond donors (Lipinski definition) is 2. The van der Waals surface area contributed by atoms with Crippen LogP contribution in [-0.2, 0) is 6.54 Å². The van der Waals surface area contributed by atoms with E-state index in [0.29, 0.717) is 12.0 Å². The summed E-state index contributed by atoms with van der Waals surface area (Å²) in [5.41, 5.74) is 7.88. The van der Waals surface area contributed by atoms with Crippen molar-refractivity contribution in [3.05, 3.63) is 5.69 Å². The van der Waals surface area contributed by atoms with E-state index in [9.17, 15) is 0 Å².